The number of anilines is 3. The van der Waals surface area contributed by atoms with Crippen molar-refractivity contribution in [3.63, 3.8) is 0 Å². The molecule has 120 valence electrons. The second-order valence-electron chi connectivity index (χ2n) is 6.92. The van der Waals surface area contributed by atoms with E-state index < -0.39 is 0 Å². The zero-order valence-electron chi connectivity index (χ0n) is 13.6. The number of nitrogens with zero attached hydrogens (tertiary/aromatic N) is 2. The Hall–Kier alpha value is -1.68. The van der Waals surface area contributed by atoms with Crippen molar-refractivity contribution in [2.45, 2.75) is 25.9 Å². The van der Waals surface area contributed by atoms with Gasteiger partial charge in [0.1, 0.15) is 11.4 Å². The lowest BCUT2D eigenvalue weighted by molar-refractivity contribution is 0.109. The van der Waals surface area contributed by atoms with Crippen molar-refractivity contribution in [3.8, 4) is 5.75 Å². The molecule has 23 heavy (non-hydrogen) atoms. The molecule has 2 heterocycles. The highest BCUT2D eigenvalue weighted by atomic mass is 79.9. The summed E-state index contributed by atoms with van der Waals surface area (Å²) in [5, 5.41) is 0. The highest BCUT2D eigenvalue weighted by Crippen LogP contribution is 2.43. The maximum Gasteiger partial charge on any atom is 0.144 e. The van der Waals surface area contributed by atoms with Crippen LogP contribution in [-0.2, 0) is 0 Å². The minimum Gasteiger partial charge on any atom is -0.484 e. The Bertz CT molecular complexity index is 740. The molecule has 1 saturated heterocycles. The summed E-state index contributed by atoms with van der Waals surface area (Å²) in [4.78, 5) is 4.80. The fourth-order valence-corrected chi connectivity index (χ4v) is 3.59. The van der Waals surface area contributed by atoms with E-state index in [2.05, 4.69) is 82.0 Å². The van der Waals surface area contributed by atoms with E-state index in [4.69, 9.17) is 4.74 Å². The molecule has 2 aliphatic heterocycles. The molecule has 0 spiro atoms. The molecular formula is C19H21BrN2O. The average Bonchev–Trinajstić information content (AvgIpc) is 2.43. The molecule has 0 N–H and O–H groups in total. The molecule has 2 aromatic rings. The van der Waals surface area contributed by atoms with Gasteiger partial charge in [-0.3, -0.25) is 0 Å². The Morgan fingerprint density at radius 1 is 1.04 bits per heavy atom. The van der Waals surface area contributed by atoms with Crippen LogP contribution in [0.1, 0.15) is 20.3 Å². The maximum absolute atomic E-state index is 6.18. The Kier molecular flexibility index (Phi) is 3.52. The van der Waals surface area contributed by atoms with Gasteiger partial charge in [0, 0.05) is 28.9 Å². The molecule has 0 amide bonds. The molecule has 2 aliphatic rings. The number of fused-ring (bicyclic) bond motifs is 1. The van der Waals surface area contributed by atoms with Gasteiger partial charge < -0.3 is 14.5 Å². The van der Waals surface area contributed by atoms with Crippen molar-refractivity contribution < 1.29 is 4.74 Å². The van der Waals surface area contributed by atoms with Crippen molar-refractivity contribution in [2.24, 2.45) is 0 Å². The number of hydrogen-bond donors (Lipinski definition) is 0. The van der Waals surface area contributed by atoms with Gasteiger partial charge in [0.05, 0.1) is 12.2 Å². The summed E-state index contributed by atoms with van der Waals surface area (Å²) in [5.41, 5.74) is 3.46. The number of benzene rings is 2. The Morgan fingerprint density at radius 2 is 1.83 bits per heavy atom. The quantitative estimate of drug-likeness (QED) is 0.739. The summed E-state index contributed by atoms with van der Waals surface area (Å²) < 4.78 is 7.22. The molecule has 0 saturated carbocycles. The van der Waals surface area contributed by atoms with E-state index in [9.17, 15) is 0 Å². The zero-order chi connectivity index (χ0) is 16.0. The van der Waals surface area contributed by atoms with Crippen molar-refractivity contribution in [3.05, 3.63) is 46.9 Å². The van der Waals surface area contributed by atoms with Crippen LogP contribution in [0.25, 0.3) is 0 Å². The van der Waals surface area contributed by atoms with Crippen LogP contribution in [-0.4, -0.2) is 25.2 Å². The molecule has 4 rings (SSSR count). The first-order valence-electron chi connectivity index (χ1n) is 8.13. The highest BCUT2D eigenvalue weighted by molar-refractivity contribution is 9.10. The third kappa shape index (κ3) is 2.80. The molecule has 0 aromatic heterocycles. The van der Waals surface area contributed by atoms with Crippen LogP contribution in [0.15, 0.2) is 46.9 Å². The number of hydrogen-bond acceptors (Lipinski definition) is 3. The average molecular weight is 373 g/mol. The van der Waals surface area contributed by atoms with Crippen LogP contribution in [0.5, 0.6) is 5.75 Å². The maximum atomic E-state index is 6.18. The van der Waals surface area contributed by atoms with Gasteiger partial charge in [-0.25, -0.2) is 0 Å². The second kappa shape index (κ2) is 5.45. The van der Waals surface area contributed by atoms with Crippen LogP contribution in [0.4, 0.5) is 17.1 Å². The topological polar surface area (TPSA) is 15.7 Å². The van der Waals surface area contributed by atoms with Crippen molar-refractivity contribution in [1.82, 2.24) is 0 Å². The molecule has 0 aliphatic carbocycles. The van der Waals surface area contributed by atoms with Gasteiger partial charge in [-0.15, -0.1) is 0 Å². The van der Waals surface area contributed by atoms with Gasteiger partial charge in [-0.05, 0) is 56.7 Å². The van der Waals surface area contributed by atoms with Gasteiger partial charge in [0.25, 0.3) is 0 Å². The minimum absolute atomic E-state index is 0.222. The van der Waals surface area contributed by atoms with E-state index in [1.54, 1.807) is 0 Å². The third-order valence-corrected chi connectivity index (χ3v) is 4.99. The van der Waals surface area contributed by atoms with Gasteiger partial charge >= 0.3 is 0 Å². The molecule has 0 bridgehead atoms. The summed E-state index contributed by atoms with van der Waals surface area (Å²) >= 11 is 3.55. The summed E-state index contributed by atoms with van der Waals surface area (Å²) in [6, 6.07) is 15.1. The standard InChI is InChI=1S/C19H21BrN2O/c1-19(2)13-22(17-8-7-14(20)11-18(17)23-19)16-6-3-5-15(12-16)21-9-4-10-21/h3,5-8,11-12H,4,9-10,13H2,1-2H3. The molecule has 0 radical (unpaired) electrons. The van der Waals surface area contributed by atoms with Crippen LogP contribution >= 0.6 is 15.9 Å². The van der Waals surface area contributed by atoms with E-state index in [-0.39, 0.29) is 5.60 Å². The molecular weight excluding hydrogens is 352 g/mol. The van der Waals surface area contributed by atoms with Crippen LogP contribution in [0, 0.1) is 0 Å². The van der Waals surface area contributed by atoms with E-state index in [0.29, 0.717) is 0 Å². The fourth-order valence-electron chi connectivity index (χ4n) is 3.25. The third-order valence-electron chi connectivity index (χ3n) is 4.50. The first kappa shape index (κ1) is 14.9. The molecule has 4 heteroatoms. The lowest BCUT2D eigenvalue weighted by Crippen LogP contribution is -2.45. The smallest absolute Gasteiger partial charge is 0.144 e. The Morgan fingerprint density at radius 3 is 2.57 bits per heavy atom. The van der Waals surface area contributed by atoms with Crippen molar-refractivity contribution in [2.75, 3.05) is 29.4 Å². The summed E-state index contributed by atoms with van der Waals surface area (Å²) in [7, 11) is 0. The van der Waals surface area contributed by atoms with Crippen molar-refractivity contribution in [1.29, 1.82) is 0 Å². The first-order valence-corrected chi connectivity index (χ1v) is 8.92. The first-order chi connectivity index (χ1) is 11.0. The second-order valence-corrected chi connectivity index (χ2v) is 7.84. The van der Waals surface area contributed by atoms with Crippen LogP contribution in [0.3, 0.4) is 0 Å². The molecule has 3 nitrogen and oxygen atoms in total. The van der Waals surface area contributed by atoms with Gasteiger partial charge in [-0.2, -0.15) is 0 Å². The molecule has 0 atom stereocenters. The SMILES string of the molecule is CC1(C)CN(c2cccc(N3CCC3)c2)c2ccc(Br)cc2O1. The van der Waals surface area contributed by atoms with E-state index in [1.807, 2.05) is 0 Å². The fraction of sp³-hybridized carbons (Fsp3) is 0.368. The lowest BCUT2D eigenvalue weighted by atomic mass is 10.0. The largest absolute Gasteiger partial charge is 0.484 e. The number of ether oxygens (including phenoxy) is 1. The zero-order valence-corrected chi connectivity index (χ0v) is 15.1. The summed E-state index contributed by atoms with van der Waals surface area (Å²) in [6.45, 7) is 7.46. The monoisotopic (exact) mass is 372 g/mol. The summed E-state index contributed by atoms with van der Waals surface area (Å²) in [5.74, 6) is 0.935. The van der Waals surface area contributed by atoms with E-state index >= 15 is 0 Å². The normalized spacial score (nSPS) is 18.9. The van der Waals surface area contributed by atoms with Gasteiger partial charge in [0.15, 0.2) is 0 Å². The Labute approximate surface area is 146 Å². The van der Waals surface area contributed by atoms with Crippen LogP contribution < -0.4 is 14.5 Å². The molecule has 2 aromatic carbocycles. The highest BCUT2D eigenvalue weighted by Gasteiger charge is 2.32. The Balaban J connectivity index is 1.76. The van der Waals surface area contributed by atoms with Gasteiger partial charge in [0.2, 0.25) is 0 Å². The molecule has 0 unspecified atom stereocenters. The number of rotatable bonds is 2. The van der Waals surface area contributed by atoms with Crippen LogP contribution in [0.2, 0.25) is 0 Å². The van der Waals surface area contributed by atoms with E-state index in [1.165, 1.54) is 30.9 Å². The minimum atomic E-state index is -0.222. The summed E-state index contributed by atoms with van der Waals surface area (Å²) in [6.07, 6.45) is 1.30. The van der Waals surface area contributed by atoms with Gasteiger partial charge in [-0.1, -0.05) is 22.0 Å². The number of halogens is 1. The van der Waals surface area contributed by atoms with Crippen molar-refractivity contribution >= 4 is 33.0 Å². The predicted molar refractivity (Wildman–Crippen MR) is 99.1 cm³/mol. The van der Waals surface area contributed by atoms with E-state index in [0.717, 1.165) is 22.5 Å². The molecule has 1 fully saturated rings. The predicted octanol–water partition coefficient (Wildman–Crippen LogP) is 4.97. The lowest BCUT2D eigenvalue weighted by Gasteiger charge is -2.41.